The van der Waals surface area contributed by atoms with Gasteiger partial charge in [-0.2, -0.15) is 5.26 Å². The standard InChI is InChI=1S/C18H16BrN3O2/c1-12-7-8-15(9-16(12)19)22(13(2)23)11-18(24)21-17-6-4-3-5-14(17)10-20/h3-9H,11H2,1-2H3,(H,21,24). The fourth-order valence-corrected chi connectivity index (χ4v) is 2.52. The first kappa shape index (κ1) is 17.7. The van der Waals surface area contributed by atoms with Gasteiger partial charge in [-0.05, 0) is 36.8 Å². The SMILES string of the molecule is CC(=O)N(CC(=O)Nc1ccccc1C#N)c1ccc(C)c(Br)c1. The fraction of sp³-hybridized carbons (Fsp3) is 0.167. The summed E-state index contributed by atoms with van der Waals surface area (Å²) in [6.45, 7) is 3.21. The van der Waals surface area contributed by atoms with Crippen LogP contribution in [0, 0.1) is 18.3 Å². The number of rotatable bonds is 4. The lowest BCUT2D eigenvalue weighted by Crippen LogP contribution is -2.36. The Kier molecular flexibility index (Phi) is 5.72. The van der Waals surface area contributed by atoms with Crippen molar-refractivity contribution < 1.29 is 9.59 Å². The van der Waals surface area contributed by atoms with Crippen molar-refractivity contribution in [2.24, 2.45) is 0 Å². The van der Waals surface area contributed by atoms with Gasteiger partial charge in [0.1, 0.15) is 12.6 Å². The van der Waals surface area contributed by atoms with E-state index in [4.69, 9.17) is 5.26 Å². The van der Waals surface area contributed by atoms with E-state index in [0.29, 0.717) is 16.9 Å². The summed E-state index contributed by atoms with van der Waals surface area (Å²) in [4.78, 5) is 25.6. The molecular formula is C18H16BrN3O2. The fourth-order valence-electron chi connectivity index (χ4n) is 2.16. The summed E-state index contributed by atoms with van der Waals surface area (Å²) in [6.07, 6.45) is 0. The lowest BCUT2D eigenvalue weighted by molar-refractivity contribution is -0.120. The van der Waals surface area contributed by atoms with Crippen molar-refractivity contribution in [2.45, 2.75) is 13.8 Å². The van der Waals surface area contributed by atoms with Crippen LogP contribution < -0.4 is 10.2 Å². The third-order valence-electron chi connectivity index (χ3n) is 3.47. The van der Waals surface area contributed by atoms with Crippen LogP contribution >= 0.6 is 15.9 Å². The van der Waals surface area contributed by atoms with Crippen LogP contribution in [-0.2, 0) is 9.59 Å². The molecule has 0 aromatic heterocycles. The number of nitrogens with one attached hydrogen (secondary N) is 1. The molecule has 0 saturated heterocycles. The summed E-state index contributed by atoms with van der Waals surface area (Å²) in [5.74, 6) is -0.612. The number of hydrogen-bond donors (Lipinski definition) is 1. The highest BCUT2D eigenvalue weighted by molar-refractivity contribution is 9.10. The largest absolute Gasteiger partial charge is 0.323 e. The van der Waals surface area contributed by atoms with Gasteiger partial charge in [-0.25, -0.2) is 0 Å². The van der Waals surface area contributed by atoms with Crippen molar-refractivity contribution in [1.82, 2.24) is 0 Å². The molecule has 5 nitrogen and oxygen atoms in total. The highest BCUT2D eigenvalue weighted by Gasteiger charge is 2.17. The first-order valence-corrected chi connectivity index (χ1v) is 8.05. The molecule has 0 saturated carbocycles. The van der Waals surface area contributed by atoms with Crippen molar-refractivity contribution in [3.05, 3.63) is 58.1 Å². The lowest BCUT2D eigenvalue weighted by Gasteiger charge is -2.21. The number of nitriles is 1. The Morgan fingerprint density at radius 1 is 1.25 bits per heavy atom. The third-order valence-corrected chi connectivity index (χ3v) is 4.32. The third kappa shape index (κ3) is 4.21. The topological polar surface area (TPSA) is 73.2 Å². The van der Waals surface area contributed by atoms with Gasteiger partial charge in [0, 0.05) is 17.1 Å². The van der Waals surface area contributed by atoms with Crippen LogP contribution in [0.4, 0.5) is 11.4 Å². The number of nitrogens with zero attached hydrogens (tertiary/aromatic N) is 2. The van der Waals surface area contributed by atoms with Crippen LogP contribution in [-0.4, -0.2) is 18.4 Å². The molecule has 0 fully saturated rings. The van der Waals surface area contributed by atoms with E-state index in [2.05, 4.69) is 21.2 Å². The summed E-state index contributed by atoms with van der Waals surface area (Å²) in [5, 5.41) is 11.7. The minimum absolute atomic E-state index is 0.134. The molecule has 0 aliphatic rings. The molecule has 0 aliphatic heterocycles. The molecule has 2 aromatic carbocycles. The second kappa shape index (κ2) is 7.75. The molecule has 0 bridgehead atoms. The molecule has 0 spiro atoms. The second-order valence-corrected chi connectivity index (χ2v) is 6.10. The quantitative estimate of drug-likeness (QED) is 0.872. The number of anilines is 2. The van der Waals surface area contributed by atoms with E-state index in [-0.39, 0.29) is 18.4 Å². The van der Waals surface area contributed by atoms with Crippen LogP contribution in [0.25, 0.3) is 0 Å². The van der Waals surface area contributed by atoms with Crippen LogP contribution in [0.5, 0.6) is 0 Å². The molecule has 6 heteroatoms. The van der Waals surface area contributed by atoms with Crippen molar-refractivity contribution in [2.75, 3.05) is 16.8 Å². The van der Waals surface area contributed by atoms with Gasteiger partial charge in [0.25, 0.3) is 0 Å². The van der Waals surface area contributed by atoms with E-state index in [1.165, 1.54) is 11.8 Å². The number of hydrogen-bond acceptors (Lipinski definition) is 3. The maximum absolute atomic E-state index is 12.3. The predicted octanol–water partition coefficient (Wildman–Crippen LogP) is 3.62. The van der Waals surface area contributed by atoms with E-state index >= 15 is 0 Å². The van der Waals surface area contributed by atoms with Crippen LogP contribution in [0.2, 0.25) is 0 Å². The molecular weight excluding hydrogens is 370 g/mol. The van der Waals surface area contributed by atoms with Crippen molar-refractivity contribution in [3.63, 3.8) is 0 Å². The smallest absolute Gasteiger partial charge is 0.244 e. The number of halogens is 1. The number of aryl methyl sites for hydroxylation is 1. The van der Waals surface area contributed by atoms with Gasteiger partial charge in [0.15, 0.2) is 0 Å². The van der Waals surface area contributed by atoms with E-state index in [9.17, 15) is 9.59 Å². The van der Waals surface area contributed by atoms with Gasteiger partial charge in [0.05, 0.1) is 11.3 Å². The van der Waals surface area contributed by atoms with Gasteiger partial charge in [-0.15, -0.1) is 0 Å². The molecule has 24 heavy (non-hydrogen) atoms. The Morgan fingerprint density at radius 3 is 2.58 bits per heavy atom. The molecule has 2 rings (SSSR count). The molecule has 2 aromatic rings. The molecule has 0 radical (unpaired) electrons. The zero-order valence-electron chi connectivity index (χ0n) is 13.3. The van der Waals surface area contributed by atoms with Crippen LogP contribution in [0.15, 0.2) is 46.9 Å². The van der Waals surface area contributed by atoms with Gasteiger partial charge in [-0.1, -0.05) is 34.1 Å². The first-order valence-electron chi connectivity index (χ1n) is 7.25. The number of carbonyl (C=O) groups is 2. The zero-order chi connectivity index (χ0) is 17.7. The molecule has 1 N–H and O–H groups in total. The van der Waals surface area contributed by atoms with Crippen LogP contribution in [0.3, 0.4) is 0 Å². The number of amides is 2. The first-order chi connectivity index (χ1) is 11.4. The summed E-state index contributed by atoms with van der Waals surface area (Å²) in [7, 11) is 0. The van der Waals surface area contributed by atoms with Crippen molar-refractivity contribution in [1.29, 1.82) is 5.26 Å². The van der Waals surface area contributed by atoms with Crippen molar-refractivity contribution in [3.8, 4) is 6.07 Å². The van der Waals surface area contributed by atoms with Crippen LogP contribution in [0.1, 0.15) is 18.1 Å². The minimum Gasteiger partial charge on any atom is -0.323 e. The molecule has 0 atom stereocenters. The lowest BCUT2D eigenvalue weighted by atomic mass is 10.2. The van der Waals surface area contributed by atoms with Crippen molar-refractivity contribution >= 4 is 39.1 Å². The molecule has 0 unspecified atom stereocenters. The Morgan fingerprint density at radius 2 is 1.96 bits per heavy atom. The van der Waals surface area contributed by atoms with Gasteiger partial charge >= 0.3 is 0 Å². The molecule has 0 aliphatic carbocycles. The Hall–Kier alpha value is -2.65. The summed E-state index contributed by atoms with van der Waals surface area (Å²) >= 11 is 3.43. The second-order valence-electron chi connectivity index (χ2n) is 5.24. The predicted molar refractivity (Wildman–Crippen MR) is 96.7 cm³/mol. The Balaban J connectivity index is 2.19. The number of benzene rings is 2. The summed E-state index contributed by atoms with van der Waals surface area (Å²) in [5.41, 5.74) is 2.47. The van der Waals surface area contributed by atoms with E-state index in [0.717, 1.165) is 10.0 Å². The number of para-hydroxylation sites is 1. The molecule has 122 valence electrons. The van der Waals surface area contributed by atoms with E-state index in [1.54, 1.807) is 36.4 Å². The monoisotopic (exact) mass is 385 g/mol. The van der Waals surface area contributed by atoms with E-state index in [1.807, 2.05) is 19.1 Å². The van der Waals surface area contributed by atoms with Gasteiger partial charge in [-0.3, -0.25) is 9.59 Å². The average Bonchev–Trinajstić information content (AvgIpc) is 2.55. The summed E-state index contributed by atoms with van der Waals surface area (Å²) < 4.78 is 0.862. The maximum atomic E-state index is 12.3. The molecule has 2 amide bonds. The average molecular weight is 386 g/mol. The zero-order valence-corrected chi connectivity index (χ0v) is 14.9. The van der Waals surface area contributed by atoms with E-state index < -0.39 is 0 Å². The normalized spacial score (nSPS) is 9.92. The maximum Gasteiger partial charge on any atom is 0.244 e. The van der Waals surface area contributed by atoms with Gasteiger partial charge in [0.2, 0.25) is 11.8 Å². The highest BCUT2D eigenvalue weighted by atomic mass is 79.9. The minimum atomic E-state index is -0.371. The molecule has 0 heterocycles. The van der Waals surface area contributed by atoms with Gasteiger partial charge < -0.3 is 10.2 Å². The Labute approximate surface area is 149 Å². The summed E-state index contributed by atoms with van der Waals surface area (Å²) in [6, 6.07) is 14.2. The number of carbonyl (C=O) groups excluding carboxylic acids is 2. The highest BCUT2D eigenvalue weighted by Crippen LogP contribution is 2.24. The Bertz CT molecular complexity index is 827.